The monoisotopic (exact) mass is 375 g/mol. The predicted molar refractivity (Wildman–Crippen MR) is 99.0 cm³/mol. The number of hydrogen-bond donors (Lipinski definition) is 1. The Balaban J connectivity index is 1.32. The first kappa shape index (κ1) is 18.4. The zero-order chi connectivity index (χ0) is 18.6. The Morgan fingerprint density at radius 2 is 2.11 bits per heavy atom. The van der Waals surface area contributed by atoms with Crippen LogP contribution in [0.2, 0.25) is 0 Å². The number of aromatic amines is 1. The Morgan fingerprint density at radius 3 is 2.89 bits per heavy atom. The summed E-state index contributed by atoms with van der Waals surface area (Å²) in [7, 11) is 0. The van der Waals surface area contributed by atoms with Crippen molar-refractivity contribution in [3.8, 4) is 0 Å². The van der Waals surface area contributed by atoms with Gasteiger partial charge < -0.3 is 19.5 Å². The second-order valence-corrected chi connectivity index (χ2v) is 7.80. The number of carbonyl (C=O) groups is 2. The highest BCUT2D eigenvalue weighted by Gasteiger charge is 2.40. The van der Waals surface area contributed by atoms with Crippen LogP contribution < -0.4 is 0 Å². The summed E-state index contributed by atoms with van der Waals surface area (Å²) < 4.78 is 5.36. The van der Waals surface area contributed by atoms with Crippen LogP contribution in [0.25, 0.3) is 0 Å². The maximum absolute atomic E-state index is 12.7. The third kappa shape index (κ3) is 4.32. The van der Waals surface area contributed by atoms with Crippen LogP contribution in [-0.2, 0) is 20.7 Å². The van der Waals surface area contributed by atoms with Gasteiger partial charge in [0.05, 0.1) is 26.1 Å². The smallest absolute Gasteiger partial charge is 0.236 e. The van der Waals surface area contributed by atoms with Gasteiger partial charge in [-0.3, -0.25) is 14.5 Å². The first-order valence-corrected chi connectivity index (χ1v) is 10.1. The van der Waals surface area contributed by atoms with Crippen LogP contribution in [0.3, 0.4) is 0 Å². The zero-order valence-electron chi connectivity index (χ0n) is 15.8. The van der Waals surface area contributed by atoms with E-state index in [1.54, 1.807) is 6.33 Å². The predicted octanol–water partition coefficient (Wildman–Crippen LogP) is 0.124. The Bertz CT molecular complexity index is 644. The van der Waals surface area contributed by atoms with Crippen LogP contribution in [0, 0.1) is 5.92 Å². The van der Waals surface area contributed by atoms with Gasteiger partial charge in [-0.05, 0) is 18.8 Å². The fourth-order valence-electron chi connectivity index (χ4n) is 4.58. The number of nitrogens with zero attached hydrogens (tertiary/aromatic N) is 4. The van der Waals surface area contributed by atoms with Crippen molar-refractivity contribution < 1.29 is 14.3 Å². The molecule has 8 nitrogen and oxygen atoms in total. The summed E-state index contributed by atoms with van der Waals surface area (Å²) in [6, 6.07) is 0.265. The number of morpholine rings is 1. The minimum Gasteiger partial charge on any atom is -0.379 e. The van der Waals surface area contributed by atoms with Crippen molar-refractivity contribution in [1.29, 1.82) is 0 Å². The van der Waals surface area contributed by atoms with Crippen LogP contribution in [0.1, 0.15) is 25.0 Å². The summed E-state index contributed by atoms with van der Waals surface area (Å²) in [6.45, 7) is 5.84. The molecule has 4 heterocycles. The van der Waals surface area contributed by atoms with E-state index in [1.165, 1.54) is 0 Å². The van der Waals surface area contributed by atoms with E-state index in [1.807, 2.05) is 11.1 Å². The highest BCUT2D eigenvalue weighted by Crippen LogP contribution is 2.31. The van der Waals surface area contributed by atoms with Crippen LogP contribution >= 0.6 is 0 Å². The van der Waals surface area contributed by atoms with E-state index in [0.717, 1.165) is 57.7 Å². The molecule has 1 aromatic rings. The molecule has 3 aliphatic heterocycles. The molecule has 3 aliphatic rings. The van der Waals surface area contributed by atoms with E-state index < -0.39 is 0 Å². The third-order valence-electron chi connectivity index (χ3n) is 6.14. The molecule has 0 unspecified atom stereocenters. The van der Waals surface area contributed by atoms with Crippen molar-refractivity contribution in [2.75, 3.05) is 52.5 Å². The maximum Gasteiger partial charge on any atom is 0.236 e. The number of rotatable bonds is 5. The topological polar surface area (TPSA) is 81.8 Å². The fraction of sp³-hybridized carbons (Fsp3) is 0.737. The first-order chi connectivity index (χ1) is 13.2. The molecule has 2 amide bonds. The second-order valence-electron chi connectivity index (χ2n) is 7.80. The molecule has 27 heavy (non-hydrogen) atoms. The number of amides is 2. The minimum atomic E-state index is 0.219. The molecule has 8 heteroatoms. The van der Waals surface area contributed by atoms with E-state index in [4.69, 9.17) is 4.74 Å². The zero-order valence-corrected chi connectivity index (χ0v) is 15.8. The van der Waals surface area contributed by atoms with Crippen LogP contribution in [0.15, 0.2) is 12.5 Å². The first-order valence-electron chi connectivity index (χ1n) is 10.1. The average molecular weight is 375 g/mol. The van der Waals surface area contributed by atoms with Crippen molar-refractivity contribution in [1.82, 2.24) is 24.7 Å². The Hall–Kier alpha value is -1.93. The molecule has 4 rings (SSSR count). The largest absolute Gasteiger partial charge is 0.379 e. The molecule has 3 fully saturated rings. The lowest BCUT2D eigenvalue weighted by molar-refractivity contribution is -0.144. The number of carbonyl (C=O) groups excluding carboxylic acids is 2. The number of piperidine rings is 2. The lowest BCUT2D eigenvalue weighted by Gasteiger charge is -2.47. The molecule has 0 saturated carbocycles. The number of hydrogen-bond acceptors (Lipinski definition) is 5. The maximum atomic E-state index is 12.7. The molecule has 148 valence electrons. The number of ether oxygens (including phenoxy) is 1. The Kier molecular flexibility index (Phi) is 5.73. The van der Waals surface area contributed by atoms with E-state index in [-0.39, 0.29) is 17.9 Å². The molecular weight excluding hydrogens is 346 g/mol. The van der Waals surface area contributed by atoms with E-state index in [0.29, 0.717) is 32.1 Å². The third-order valence-corrected chi connectivity index (χ3v) is 6.14. The van der Waals surface area contributed by atoms with Gasteiger partial charge in [-0.2, -0.15) is 0 Å². The van der Waals surface area contributed by atoms with Gasteiger partial charge in [-0.15, -0.1) is 0 Å². The lowest BCUT2D eigenvalue weighted by Crippen LogP contribution is -2.58. The summed E-state index contributed by atoms with van der Waals surface area (Å²) in [4.78, 5) is 38.6. The fourth-order valence-corrected chi connectivity index (χ4v) is 4.58. The highest BCUT2D eigenvalue weighted by atomic mass is 16.5. The summed E-state index contributed by atoms with van der Waals surface area (Å²) in [5.74, 6) is 0.868. The Morgan fingerprint density at radius 1 is 1.26 bits per heavy atom. The molecule has 1 aromatic heterocycles. The van der Waals surface area contributed by atoms with Crippen molar-refractivity contribution in [3.63, 3.8) is 0 Å². The number of aromatic nitrogens is 2. The Labute approximate surface area is 159 Å². The summed E-state index contributed by atoms with van der Waals surface area (Å²) in [5.41, 5.74) is 1.06. The molecule has 2 atom stereocenters. The normalized spacial score (nSPS) is 26.9. The van der Waals surface area contributed by atoms with Gasteiger partial charge in [0.1, 0.15) is 0 Å². The van der Waals surface area contributed by atoms with Crippen molar-refractivity contribution >= 4 is 11.8 Å². The van der Waals surface area contributed by atoms with Crippen LogP contribution in [0.4, 0.5) is 0 Å². The van der Waals surface area contributed by atoms with E-state index >= 15 is 0 Å². The summed E-state index contributed by atoms with van der Waals surface area (Å²) >= 11 is 0. The lowest BCUT2D eigenvalue weighted by atomic mass is 9.83. The summed E-state index contributed by atoms with van der Waals surface area (Å²) in [5, 5.41) is 0. The van der Waals surface area contributed by atoms with Crippen molar-refractivity contribution in [3.05, 3.63) is 18.2 Å². The van der Waals surface area contributed by atoms with Gasteiger partial charge in [-0.25, -0.2) is 4.98 Å². The highest BCUT2D eigenvalue weighted by molar-refractivity contribution is 5.79. The molecule has 0 aromatic carbocycles. The summed E-state index contributed by atoms with van der Waals surface area (Å²) in [6.07, 6.45) is 6.66. The quantitative estimate of drug-likeness (QED) is 0.791. The molecule has 0 spiro atoms. The molecule has 0 radical (unpaired) electrons. The van der Waals surface area contributed by atoms with Gasteiger partial charge in [0.2, 0.25) is 11.8 Å². The van der Waals surface area contributed by atoms with Crippen molar-refractivity contribution in [2.45, 2.75) is 31.7 Å². The van der Waals surface area contributed by atoms with Gasteiger partial charge >= 0.3 is 0 Å². The van der Waals surface area contributed by atoms with Crippen LogP contribution in [-0.4, -0.2) is 95.0 Å². The number of nitrogens with one attached hydrogen (secondary N) is 1. The number of likely N-dealkylation sites (tertiary alicyclic amines) is 2. The molecule has 0 aliphatic carbocycles. The van der Waals surface area contributed by atoms with Gasteiger partial charge in [-0.1, -0.05) is 0 Å². The van der Waals surface area contributed by atoms with Gasteiger partial charge in [0, 0.05) is 63.5 Å². The van der Waals surface area contributed by atoms with E-state index in [9.17, 15) is 9.59 Å². The average Bonchev–Trinajstić information content (AvgIpc) is 3.21. The molecular formula is C19H29N5O3. The standard InChI is InChI=1S/C19H29N5O3/c25-18-2-1-15-12-23(19(26)13-22-7-9-27-10-8-22)5-4-17(15)24(18)6-3-16-11-20-14-21-16/h11,14-15,17H,1-10,12-13H2,(H,20,21)/t15-,17+/m0/s1. The van der Waals surface area contributed by atoms with Gasteiger partial charge in [0.15, 0.2) is 0 Å². The molecule has 3 saturated heterocycles. The molecule has 1 N–H and O–H groups in total. The number of fused-ring (bicyclic) bond motifs is 1. The van der Waals surface area contributed by atoms with Crippen LogP contribution in [0.5, 0.6) is 0 Å². The van der Waals surface area contributed by atoms with Gasteiger partial charge in [0.25, 0.3) is 0 Å². The minimum absolute atomic E-state index is 0.219. The second kappa shape index (κ2) is 8.39. The molecule has 0 bridgehead atoms. The van der Waals surface area contributed by atoms with E-state index in [2.05, 4.69) is 19.8 Å². The number of imidazole rings is 1. The van der Waals surface area contributed by atoms with Crippen molar-refractivity contribution in [2.24, 2.45) is 5.92 Å². The SMILES string of the molecule is O=C(CN1CCOCC1)N1CC[C@@H]2[C@@H](CCC(=O)N2CCc2cnc[nH]2)C1. The number of H-pyrrole nitrogens is 1.